The quantitative estimate of drug-likeness (QED) is 0.782. The molecule has 1 saturated heterocycles. The van der Waals surface area contributed by atoms with Crippen LogP contribution in [-0.2, 0) is 4.74 Å². The summed E-state index contributed by atoms with van der Waals surface area (Å²) in [6.45, 7) is 3.22. The van der Waals surface area contributed by atoms with Gasteiger partial charge in [-0.05, 0) is 6.92 Å². The number of carbonyl (C=O) groups excluding carboxylic acids is 1. The third-order valence-corrected chi connectivity index (χ3v) is 5.01. The molecule has 0 aromatic carbocycles. The van der Waals surface area contributed by atoms with E-state index in [1.165, 1.54) is 11.5 Å². The largest absolute Gasteiger partial charge is 0.383 e. The second-order valence-electron chi connectivity index (χ2n) is 3.78. The van der Waals surface area contributed by atoms with Crippen molar-refractivity contribution in [3.8, 4) is 0 Å². The van der Waals surface area contributed by atoms with Gasteiger partial charge in [0.15, 0.2) is 0 Å². The van der Waals surface area contributed by atoms with E-state index < -0.39 is 0 Å². The monoisotopic (exact) mass is 264 g/mol. The van der Waals surface area contributed by atoms with Crippen LogP contribution in [0.25, 0.3) is 0 Å². The van der Waals surface area contributed by atoms with Crippen LogP contribution in [0.3, 0.4) is 0 Å². The summed E-state index contributed by atoms with van der Waals surface area (Å²) in [5, 5.41) is 6.29. The van der Waals surface area contributed by atoms with Crippen LogP contribution < -0.4 is 10.6 Å². The Bertz CT molecular complexity index is 211. The molecule has 1 aliphatic heterocycles. The Balaban J connectivity index is 2.09. The molecule has 2 atom stereocenters. The fourth-order valence-corrected chi connectivity index (χ4v) is 4.04. The summed E-state index contributed by atoms with van der Waals surface area (Å²) >= 11 is 3.91. The molecule has 0 aliphatic carbocycles. The van der Waals surface area contributed by atoms with Crippen LogP contribution in [0.4, 0.5) is 4.79 Å². The Kier molecular flexibility index (Phi) is 7.07. The first kappa shape index (κ1) is 14.0. The first-order chi connectivity index (χ1) is 7.72. The molecule has 0 saturated carbocycles. The molecule has 1 aliphatic rings. The number of rotatable bonds is 5. The van der Waals surface area contributed by atoms with Crippen LogP contribution >= 0.6 is 23.5 Å². The molecule has 0 aromatic rings. The maximum atomic E-state index is 11.5. The van der Waals surface area contributed by atoms with Gasteiger partial charge in [0.25, 0.3) is 0 Å². The summed E-state index contributed by atoms with van der Waals surface area (Å²) in [6.07, 6.45) is 0. The van der Waals surface area contributed by atoms with E-state index in [1.54, 1.807) is 7.11 Å². The molecule has 16 heavy (non-hydrogen) atoms. The van der Waals surface area contributed by atoms with Crippen LogP contribution in [0.1, 0.15) is 6.92 Å². The topological polar surface area (TPSA) is 50.4 Å². The van der Waals surface area contributed by atoms with Gasteiger partial charge in [-0.15, -0.1) is 0 Å². The molecule has 1 fully saturated rings. The van der Waals surface area contributed by atoms with E-state index in [0.29, 0.717) is 11.9 Å². The van der Waals surface area contributed by atoms with Crippen LogP contribution in [-0.4, -0.2) is 54.8 Å². The zero-order chi connectivity index (χ0) is 11.8. The van der Waals surface area contributed by atoms with Gasteiger partial charge >= 0.3 is 6.03 Å². The highest BCUT2D eigenvalue weighted by molar-refractivity contribution is 8.06. The Morgan fingerprint density at radius 1 is 1.56 bits per heavy atom. The number of ether oxygens (including phenoxy) is 1. The highest BCUT2D eigenvalue weighted by Gasteiger charge is 2.15. The Morgan fingerprint density at radius 2 is 2.38 bits per heavy atom. The van der Waals surface area contributed by atoms with Crippen molar-refractivity contribution in [3.63, 3.8) is 0 Å². The van der Waals surface area contributed by atoms with Gasteiger partial charge in [0, 0.05) is 36.2 Å². The Morgan fingerprint density at radius 3 is 3.00 bits per heavy atom. The minimum atomic E-state index is -0.0966. The standard InChI is InChI=1S/C10H20N2O2S2/c1-8(6-14-2)12-10(13)11-5-9-7-15-3-4-16-9/h8-9H,3-7H2,1-2H3,(H2,11,12,13)/t8-,9+/m0/s1. The molecule has 2 amide bonds. The van der Waals surface area contributed by atoms with E-state index in [1.807, 2.05) is 30.4 Å². The normalized spacial score (nSPS) is 22.5. The number of hydrogen-bond acceptors (Lipinski definition) is 4. The van der Waals surface area contributed by atoms with E-state index in [2.05, 4.69) is 10.6 Å². The Labute approximate surface area is 106 Å². The molecule has 0 spiro atoms. The zero-order valence-electron chi connectivity index (χ0n) is 9.82. The molecule has 6 heteroatoms. The SMILES string of the molecule is COC[C@H](C)NC(=O)NC[C@@H]1CSCCS1. The van der Waals surface area contributed by atoms with Gasteiger partial charge in [0.2, 0.25) is 0 Å². The van der Waals surface area contributed by atoms with Gasteiger partial charge in [0.1, 0.15) is 0 Å². The number of amides is 2. The van der Waals surface area contributed by atoms with E-state index in [4.69, 9.17) is 4.74 Å². The minimum absolute atomic E-state index is 0.0541. The number of thioether (sulfide) groups is 2. The molecule has 0 radical (unpaired) electrons. The summed E-state index contributed by atoms with van der Waals surface area (Å²) in [4.78, 5) is 11.5. The van der Waals surface area contributed by atoms with Gasteiger partial charge in [-0.25, -0.2) is 4.79 Å². The van der Waals surface area contributed by atoms with Gasteiger partial charge in [-0.1, -0.05) is 0 Å². The lowest BCUT2D eigenvalue weighted by Gasteiger charge is -2.21. The summed E-state index contributed by atoms with van der Waals surface area (Å²) < 4.78 is 4.95. The number of nitrogens with one attached hydrogen (secondary N) is 2. The maximum absolute atomic E-state index is 11.5. The van der Waals surface area contributed by atoms with Crippen molar-refractivity contribution in [1.29, 1.82) is 0 Å². The first-order valence-electron chi connectivity index (χ1n) is 5.45. The van der Waals surface area contributed by atoms with E-state index >= 15 is 0 Å². The molecule has 0 aromatic heterocycles. The average Bonchev–Trinajstić information content (AvgIpc) is 2.28. The minimum Gasteiger partial charge on any atom is -0.383 e. The van der Waals surface area contributed by atoms with Crippen molar-refractivity contribution < 1.29 is 9.53 Å². The lowest BCUT2D eigenvalue weighted by atomic mass is 10.4. The van der Waals surface area contributed by atoms with Crippen LogP contribution in [0.5, 0.6) is 0 Å². The molecular weight excluding hydrogens is 244 g/mol. The predicted molar refractivity (Wildman–Crippen MR) is 71.4 cm³/mol. The first-order valence-corrected chi connectivity index (χ1v) is 7.65. The number of urea groups is 1. The molecule has 4 nitrogen and oxygen atoms in total. The van der Waals surface area contributed by atoms with Crippen molar-refractivity contribution in [2.24, 2.45) is 0 Å². The van der Waals surface area contributed by atoms with Crippen molar-refractivity contribution in [2.45, 2.75) is 18.2 Å². The number of carbonyl (C=O) groups is 1. The van der Waals surface area contributed by atoms with Crippen LogP contribution in [0.2, 0.25) is 0 Å². The smallest absolute Gasteiger partial charge is 0.315 e. The van der Waals surface area contributed by atoms with Crippen molar-refractivity contribution in [1.82, 2.24) is 10.6 Å². The summed E-state index contributed by atoms with van der Waals surface area (Å²) in [7, 11) is 1.63. The summed E-state index contributed by atoms with van der Waals surface area (Å²) in [5.74, 6) is 3.56. The average molecular weight is 264 g/mol. The van der Waals surface area contributed by atoms with Gasteiger partial charge in [-0.3, -0.25) is 0 Å². The highest BCUT2D eigenvalue weighted by atomic mass is 32.2. The van der Waals surface area contributed by atoms with Gasteiger partial charge < -0.3 is 15.4 Å². The van der Waals surface area contributed by atoms with Gasteiger partial charge in [0.05, 0.1) is 12.6 Å². The third kappa shape index (κ3) is 5.86. The summed E-state index contributed by atoms with van der Waals surface area (Å²) in [6, 6.07) is -0.0425. The van der Waals surface area contributed by atoms with Crippen molar-refractivity contribution in [3.05, 3.63) is 0 Å². The predicted octanol–water partition coefficient (Wildman–Crippen LogP) is 1.17. The maximum Gasteiger partial charge on any atom is 0.315 e. The van der Waals surface area contributed by atoms with Crippen LogP contribution in [0, 0.1) is 0 Å². The highest BCUT2D eigenvalue weighted by Crippen LogP contribution is 2.23. The second-order valence-corrected chi connectivity index (χ2v) is 6.34. The summed E-state index contributed by atoms with van der Waals surface area (Å²) in [5.41, 5.74) is 0. The van der Waals surface area contributed by atoms with E-state index in [9.17, 15) is 4.79 Å². The van der Waals surface area contributed by atoms with Gasteiger partial charge in [-0.2, -0.15) is 23.5 Å². The Hall–Kier alpha value is -0.0700. The van der Waals surface area contributed by atoms with Crippen molar-refractivity contribution >= 4 is 29.6 Å². The molecular formula is C10H20N2O2S2. The lowest BCUT2D eigenvalue weighted by Crippen LogP contribution is -2.45. The molecule has 1 rings (SSSR count). The number of hydrogen-bond donors (Lipinski definition) is 2. The molecule has 0 unspecified atom stereocenters. The number of methoxy groups -OCH3 is 1. The third-order valence-electron chi connectivity index (χ3n) is 2.17. The second kappa shape index (κ2) is 8.08. The van der Waals surface area contributed by atoms with E-state index in [0.717, 1.165) is 12.3 Å². The lowest BCUT2D eigenvalue weighted by molar-refractivity contribution is 0.171. The molecule has 94 valence electrons. The molecule has 1 heterocycles. The fraction of sp³-hybridized carbons (Fsp3) is 0.900. The molecule has 0 bridgehead atoms. The van der Waals surface area contributed by atoms with Crippen LogP contribution in [0.15, 0.2) is 0 Å². The van der Waals surface area contributed by atoms with Crippen molar-refractivity contribution in [2.75, 3.05) is 37.5 Å². The fourth-order valence-electron chi connectivity index (χ4n) is 1.43. The van der Waals surface area contributed by atoms with E-state index in [-0.39, 0.29) is 12.1 Å². The zero-order valence-corrected chi connectivity index (χ0v) is 11.5. The molecule has 2 N–H and O–H groups in total.